The van der Waals surface area contributed by atoms with Gasteiger partial charge < -0.3 is 4.74 Å². The van der Waals surface area contributed by atoms with Gasteiger partial charge in [0.15, 0.2) is 0 Å². The monoisotopic (exact) mass is 335 g/mol. The second-order valence-corrected chi connectivity index (χ2v) is 6.52. The highest BCUT2D eigenvalue weighted by Gasteiger charge is 2.20. The van der Waals surface area contributed by atoms with Gasteiger partial charge in [0.05, 0.1) is 5.69 Å². The number of aromatic nitrogens is 1. The van der Waals surface area contributed by atoms with Crippen molar-refractivity contribution in [1.29, 1.82) is 0 Å². The minimum absolute atomic E-state index is 0.866. The summed E-state index contributed by atoms with van der Waals surface area (Å²) in [5.41, 5.74) is 7.83. The molecule has 0 N–H and O–H groups in total. The Morgan fingerprint density at radius 2 is 1.35 bits per heavy atom. The molecule has 1 aromatic heterocycles. The van der Waals surface area contributed by atoms with Gasteiger partial charge in [0.2, 0.25) is 0 Å². The summed E-state index contributed by atoms with van der Waals surface area (Å²) in [5.74, 6) is 1.75. The molecule has 0 amide bonds. The van der Waals surface area contributed by atoms with Crippen LogP contribution in [0.5, 0.6) is 11.5 Å². The van der Waals surface area contributed by atoms with E-state index in [4.69, 9.17) is 4.74 Å². The molecular weight excluding hydrogens is 318 g/mol. The SMILES string of the molecule is Cc1cccnc1-c1ccc2c(c1)Oc1ccccc1-c1ccccc1-2. The van der Waals surface area contributed by atoms with Gasteiger partial charge in [-0.2, -0.15) is 0 Å². The third-order valence-corrected chi connectivity index (χ3v) is 4.88. The van der Waals surface area contributed by atoms with E-state index in [0.29, 0.717) is 0 Å². The minimum atomic E-state index is 0.866. The summed E-state index contributed by atoms with van der Waals surface area (Å²) in [4.78, 5) is 4.55. The number of benzene rings is 3. The van der Waals surface area contributed by atoms with Crippen molar-refractivity contribution in [3.05, 3.63) is 90.6 Å². The number of pyridine rings is 1. The summed E-state index contributed by atoms with van der Waals surface area (Å²) in [5, 5.41) is 0. The van der Waals surface area contributed by atoms with Gasteiger partial charge in [-0.15, -0.1) is 0 Å². The molecule has 0 spiro atoms. The zero-order chi connectivity index (χ0) is 17.5. The van der Waals surface area contributed by atoms with Crippen molar-refractivity contribution in [3.63, 3.8) is 0 Å². The number of rotatable bonds is 1. The fourth-order valence-corrected chi connectivity index (χ4v) is 3.61. The molecule has 0 fully saturated rings. The lowest BCUT2D eigenvalue weighted by Crippen LogP contribution is -1.90. The van der Waals surface area contributed by atoms with Crippen LogP contribution in [0, 0.1) is 6.92 Å². The molecule has 5 rings (SSSR count). The van der Waals surface area contributed by atoms with Gasteiger partial charge in [0.25, 0.3) is 0 Å². The summed E-state index contributed by atoms with van der Waals surface area (Å²) in [7, 11) is 0. The van der Waals surface area contributed by atoms with Gasteiger partial charge >= 0.3 is 0 Å². The number of para-hydroxylation sites is 1. The standard InChI is InChI=1S/C24H17NO/c1-16-7-6-14-25-24(16)17-12-13-21-19-9-3-2-8-18(19)20-10-4-5-11-22(20)26-23(21)15-17/h2-15H,1H3. The van der Waals surface area contributed by atoms with Crippen LogP contribution >= 0.6 is 0 Å². The van der Waals surface area contributed by atoms with Crippen molar-refractivity contribution < 1.29 is 4.74 Å². The first kappa shape index (κ1) is 14.9. The Balaban J connectivity index is 1.77. The lowest BCUT2D eigenvalue weighted by molar-refractivity contribution is 0.488. The van der Waals surface area contributed by atoms with Crippen molar-refractivity contribution in [2.24, 2.45) is 0 Å². The van der Waals surface area contributed by atoms with Crippen molar-refractivity contribution >= 4 is 0 Å². The molecule has 2 nitrogen and oxygen atoms in total. The molecule has 0 aliphatic carbocycles. The average molecular weight is 335 g/mol. The van der Waals surface area contributed by atoms with Crippen LogP contribution < -0.4 is 4.74 Å². The summed E-state index contributed by atoms with van der Waals surface area (Å²) >= 11 is 0. The van der Waals surface area contributed by atoms with Gasteiger partial charge in [-0.25, -0.2) is 0 Å². The Labute approximate surface area is 152 Å². The second-order valence-electron chi connectivity index (χ2n) is 6.52. The number of nitrogens with zero attached hydrogens (tertiary/aromatic N) is 1. The van der Waals surface area contributed by atoms with Crippen molar-refractivity contribution in [2.75, 3.05) is 0 Å². The zero-order valence-electron chi connectivity index (χ0n) is 14.4. The van der Waals surface area contributed by atoms with Crippen LogP contribution in [0.25, 0.3) is 33.5 Å². The van der Waals surface area contributed by atoms with Crippen LogP contribution in [0.2, 0.25) is 0 Å². The van der Waals surface area contributed by atoms with Gasteiger partial charge in [-0.05, 0) is 47.9 Å². The fourth-order valence-electron chi connectivity index (χ4n) is 3.61. The van der Waals surface area contributed by atoms with E-state index >= 15 is 0 Å². The van der Waals surface area contributed by atoms with Crippen LogP contribution in [-0.4, -0.2) is 4.98 Å². The predicted molar refractivity (Wildman–Crippen MR) is 105 cm³/mol. The highest BCUT2D eigenvalue weighted by molar-refractivity contribution is 5.91. The highest BCUT2D eigenvalue weighted by atomic mass is 16.5. The average Bonchev–Trinajstić information content (AvgIpc) is 2.82. The number of ether oxygens (including phenoxy) is 1. The lowest BCUT2D eigenvalue weighted by atomic mass is 9.93. The molecule has 0 atom stereocenters. The number of hydrogen-bond donors (Lipinski definition) is 0. The maximum atomic E-state index is 6.36. The lowest BCUT2D eigenvalue weighted by Gasteiger charge is -2.12. The first-order valence-electron chi connectivity index (χ1n) is 8.74. The summed E-state index contributed by atoms with van der Waals surface area (Å²) in [6.07, 6.45) is 1.83. The van der Waals surface area contributed by atoms with Crippen LogP contribution in [-0.2, 0) is 0 Å². The number of hydrogen-bond acceptors (Lipinski definition) is 2. The molecule has 0 bridgehead atoms. The molecule has 2 heterocycles. The van der Waals surface area contributed by atoms with E-state index in [1.807, 2.05) is 24.4 Å². The molecule has 0 unspecified atom stereocenters. The van der Waals surface area contributed by atoms with Gasteiger partial charge in [-0.1, -0.05) is 54.6 Å². The second kappa shape index (κ2) is 5.85. The Morgan fingerprint density at radius 1 is 0.654 bits per heavy atom. The molecule has 0 saturated carbocycles. The van der Waals surface area contributed by atoms with Crippen LogP contribution in [0.1, 0.15) is 5.56 Å². The smallest absolute Gasteiger partial charge is 0.135 e. The Hall–Kier alpha value is -3.39. The van der Waals surface area contributed by atoms with Gasteiger partial charge in [0, 0.05) is 22.9 Å². The number of fused-ring (bicyclic) bond motifs is 5. The zero-order valence-corrected chi connectivity index (χ0v) is 14.4. The molecule has 1 aliphatic rings. The van der Waals surface area contributed by atoms with Crippen molar-refractivity contribution in [2.45, 2.75) is 6.92 Å². The topological polar surface area (TPSA) is 22.1 Å². The van der Waals surface area contributed by atoms with E-state index in [1.165, 1.54) is 11.1 Å². The summed E-state index contributed by atoms with van der Waals surface area (Å²) in [6.45, 7) is 2.08. The fraction of sp³-hybridized carbons (Fsp3) is 0.0417. The van der Waals surface area contributed by atoms with Crippen molar-refractivity contribution in [3.8, 4) is 45.0 Å². The van der Waals surface area contributed by atoms with E-state index < -0.39 is 0 Å². The maximum absolute atomic E-state index is 6.36. The molecule has 2 heteroatoms. The third-order valence-electron chi connectivity index (χ3n) is 4.88. The quantitative estimate of drug-likeness (QED) is 0.349. The molecule has 0 saturated heterocycles. The minimum Gasteiger partial charge on any atom is -0.456 e. The van der Waals surface area contributed by atoms with Crippen LogP contribution in [0.15, 0.2) is 85.1 Å². The van der Waals surface area contributed by atoms with Gasteiger partial charge in [-0.3, -0.25) is 4.98 Å². The van der Waals surface area contributed by atoms with Crippen LogP contribution in [0.3, 0.4) is 0 Å². The largest absolute Gasteiger partial charge is 0.456 e. The molecule has 3 aromatic carbocycles. The molecule has 1 aliphatic heterocycles. The third kappa shape index (κ3) is 2.31. The maximum Gasteiger partial charge on any atom is 0.135 e. The highest BCUT2D eigenvalue weighted by Crippen LogP contribution is 2.47. The molecule has 4 aromatic rings. The van der Waals surface area contributed by atoms with E-state index in [9.17, 15) is 0 Å². The Bertz CT molecular complexity index is 1130. The molecule has 124 valence electrons. The molecule has 26 heavy (non-hydrogen) atoms. The van der Waals surface area contributed by atoms with Crippen LogP contribution in [0.4, 0.5) is 0 Å². The Morgan fingerprint density at radius 3 is 2.12 bits per heavy atom. The molecule has 0 radical (unpaired) electrons. The summed E-state index contributed by atoms with van der Waals surface area (Å²) in [6, 6.07) is 27.1. The van der Waals surface area contributed by atoms with E-state index in [-0.39, 0.29) is 0 Å². The normalized spacial score (nSPS) is 11.6. The number of aryl methyl sites for hydroxylation is 1. The first-order valence-corrected chi connectivity index (χ1v) is 8.74. The van der Waals surface area contributed by atoms with E-state index in [0.717, 1.165) is 39.4 Å². The Kier molecular flexibility index (Phi) is 3.36. The predicted octanol–water partition coefficient (Wildman–Crippen LogP) is 6.50. The van der Waals surface area contributed by atoms with Crippen molar-refractivity contribution in [1.82, 2.24) is 4.98 Å². The van der Waals surface area contributed by atoms with E-state index in [1.54, 1.807) is 0 Å². The molecular formula is C24H17NO. The van der Waals surface area contributed by atoms with E-state index in [2.05, 4.69) is 72.6 Å². The summed E-state index contributed by atoms with van der Waals surface area (Å²) < 4.78 is 6.36. The van der Waals surface area contributed by atoms with Gasteiger partial charge in [0.1, 0.15) is 11.5 Å². The first-order chi connectivity index (χ1) is 12.8.